The predicted molar refractivity (Wildman–Crippen MR) is 73.7 cm³/mol. The summed E-state index contributed by atoms with van der Waals surface area (Å²) >= 11 is 1.24. The molecule has 0 spiro atoms. The maximum Gasteiger partial charge on any atom is 0.340 e. The molecular formula is C15H11F3O2S. The summed E-state index contributed by atoms with van der Waals surface area (Å²) in [7, 11) is 1.18. The number of ether oxygens (including phenoxy) is 1. The number of halogens is 3. The van der Waals surface area contributed by atoms with Gasteiger partial charge in [0.2, 0.25) is 0 Å². The molecule has 0 saturated heterocycles. The minimum atomic E-state index is -0.924. The number of carbonyl (C=O) groups is 1. The zero-order chi connectivity index (χ0) is 15.4. The first-order chi connectivity index (χ1) is 10.0. The molecule has 0 amide bonds. The molecule has 0 aromatic heterocycles. The van der Waals surface area contributed by atoms with E-state index in [1.807, 2.05) is 0 Å². The number of hydrogen-bond acceptors (Lipinski definition) is 3. The van der Waals surface area contributed by atoms with Gasteiger partial charge in [0.25, 0.3) is 0 Å². The van der Waals surface area contributed by atoms with Crippen molar-refractivity contribution in [2.24, 2.45) is 0 Å². The summed E-state index contributed by atoms with van der Waals surface area (Å²) in [5, 5.41) is 0. The van der Waals surface area contributed by atoms with Crippen molar-refractivity contribution in [2.75, 3.05) is 7.11 Å². The second-order valence-corrected chi connectivity index (χ2v) is 5.22. The fourth-order valence-electron chi connectivity index (χ4n) is 1.66. The average Bonchev–Trinajstić information content (AvgIpc) is 2.48. The van der Waals surface area contributed by atoms with Gasteiger partial charge in [0.15, 0.2) is 11.6 Å². The van der Waals surface area contributed by atoms with E-state index < -0.39 is 23.4 Å². The Balaban J connectivity index is 2.08. The first-order valence-electron chi connectivity index (χ1n) is 5.96. The van der Waals surface area contributed by atoms with Gasteiger partial charge in [-0.25, -0.2) is 18.0 Å². The fourth-order valence-corrected chi connectivity index (χ4v) is 2.52. The van der Waals surface area contributed by atoms with Crippen molar-refractivity contribution in [2.45, 2.75) is 10.6 Å². The van der Waals surface area contributed by atoms with E-state index in [1.54, 1.807) is 6.07 Å². The molecule has 21 heavy (non-hydrogen) atoms. The summed E-state index contributed by atoms with van der Waals surface area (Å²) in [6.07, 6.45) is 0. The van der Waals surface area contributed by atoms with E-state index in [4.69, 9.17) is 0 Å². The highest BCUT2D eigenvalue weighted by atomic mass is 32.2. The lowest BCUT2D eigenvalue weighted by Gasteiger charge is -2.05. The second kappa shape index (κ2) is 6.67. The van der Waals surface area contributed by atoms with Crippen LogP contribution in [-0.4, -0.2) is 13.1 Å². The van der Waals surface area contributed by atoms with Gasteiger partial charge in [-0.3, -0.25) is 0 Å². The standard InChI is InChI=1S/C15H11F3O2S/c1-20-15(19)11-4-2-9(6-13(11)17)8-21-10-3-5-12(16)14(18)7-10/h2-7H,8H2,1H3. The number of methoxy groups -OCH3 is 1. The van der Waals surface area contributed by atoms with E-state index in [1.165, 1.54) is 37.1 Å². The molecule has 2 aromatic carbocycles. The van der Waals surface area contributed by atoms with Crippen molar-refractivity contribution in [1.29, 1.82) is 0 Å². The quantitative estimate of drug-likeness (QED) is 0.626. The fraction of sp³-hybridized carbons (Fsp3) is 0.133. The predicted octanol–water partition coefficient (Wildman–Crippen LogP) is 4.18. The highest BCUT2D eigenvalue weighted by molar-refractivity contribution is 7.98. The van der Waals surface area contributed by atoms with Crippen molar-refractivity contribution in [3.63, 3.8) is 0 Å². The van der Waals surface area contributed by atoms with Crippen LogP contribution in [-0.2, 0) is 10.5 Å². The molecule has 0 fully saturated rings. The third-order valence-corrected chi connectivity index (χ3v) is 3.80. The topological polar surface area (TPSA) is 26.3 Å². The molecule has 110 valence electrons. The molecule has 0 heterocycles. The Labute approximate surface area is 123 Å². The number of benzene rings is 2. The first-order valence-corrected chi connectivity index (χ1v) is 6.94. The molecule has 0 bridgehead atoms. The number of rotatable bonds is 4. The number of hydrogen-bond donors (Lipinski definition) is 0. The highest BCUT2D eigenvalue weighted by Gasteiger charge is 2.12. The SMILES string of the molecule is COC(=O)c1ccc(CSc2ccc(F)c(F)c2)cc1F. The minimum Gasteiger partial charge on any atom is -0.465 e. The zero-order valence-corrected chi connectivity index (χ0v) is 11.8. The summed E-state index contributed by atoms with van der Waals surface area (Å²) in [5.74, 6) is -2.89. The molecule has 0 aliphatic heterocycles. The third-order valence-electron chi connectivity index (χ3n) is 2.74. The van der Waals surface area contributed by atoms with Crippen LogP contribution in [0.15, 0.2) is 41.3 Å². The second-order valence-electron chi connectivity index (χ2n) is 4.17. The Hall–Kier alpha value is -1.95. The summed E-state index contributed by atoms with van der Waals surface area (Å²) in [6.45, 7) is 0. The van der Waals surface area contributed by atoms with Gasteiger partial charge in [0.1, 0.15) is 5.82 Å². The summed E-state index contributed by atoms with van der Waals surface area (Å²) in [5.41, 5.74) is 0.481. The van der Waals surface area contributed by atoms with Gasteiger partial charge in [-0.2, -0.15) is 0 Å². The molecule has 2 nitrogen and oxygen atoms in total. The normalized spacial score (nSPS) is 10.5. The number of thioether (sulfide) groups is 1. The van der Waals surface area contributed by atoms with Gasteiger partial charge in [0, 0.05) is 10.6 Å². The lowest BCUT2D eigenvalue weighted by molar-refractivity contribution is 0.0595. The Bertz CT molecular complexity index is 674. The van der Waals surface area contributed by atoms with Gasteiger partial charge < -0.3 is 4.74 Å². The number of carbonyl (C=O) groups excluding carboxylic acids is 1. The van der Waals surface area contributed by atoms with Crippen LogP contribution < -0.4 is 0 Å². The highest BCUT2D eigenvalue weighted by Crippen LogP contribution is 2.25. The monoisotopic (exact) mass is 312 g/mol. The van der Waals surface area contributed by atoms with Gasteiger partial charge in [-0.05, 0) is 35.9 Å². The molecule has 6 heteroatoms. The van der Waals surface area contributed by atoms with E-state index in [0.29, 0.717) is 16.2 Å². The molecule has 2 rings (SSSR count). The lowest BCUT2D eigenvalue weighted by atomic mass is 10.1. The van der Waals surface area contributed by atoms with Crippen LogP contribution in [0.1, 0.15) is 15.9 Å². The van der Waals surface area contributed by atoms with E-state index in [0.717, 1.165) is 12.1 Å². The number of esters is 1. The average molecular weight is 312 g/mol. The zero-order valence-electron chi connectivity index (χ0n) is 11.0. The first kappa shape index (κ1) is 15.4. The Kier molecular flexibility index (Phi) is 4.90. The van der Waals surface area contributed by atoms with E-state index in [9.17, 15) is 18.0 Å². The van der Waals surface area contributed by atoms with Crippen LogP contribution in [0.25, 0.3) is 0 Å². The van der Waals surface area contributed by atoms with Crippen molar-refractivity contribution in [1.82, 2.24) is 0 Å². The Morgan fingerprint density at radius 3 is 2.43 bits per heavy atom. The van der Waals surface area contributed by atoms with Crippen LogP contribution in [0.2, 0.25) is 0 Å². The van der Waals surface area contributed by atoms with Gasteiger partial charge in [-0.15, -0.1) is 11.8 Å². The smallest absolute Gasteiger partial charge is 0.340 e. The molecule has 2 aromatic rings. The van der Waals surface area contributed by atoms with Gasteiger partial charge in [0.05, 0.1) is 12.7 Å². The molecule has 0 atom stereocenters. The Morgan fingerprint density at radius 2 is 1.81 bits per heavy atom. The van der Waals surface area contributed by atoms with Crippen molar-refractivity contribution in [3.05, 3.63) is 65.0 Å². The van der Waals surface area contributed by atoms with E-state index in [-0.39, 0.29) is 5.56 Å². The van der Waals surface area contributed by atoms with Crippen molar-refractivity contribution >= 4 is 17.7 Å². The maximum atomic E-state index is 13.7. The molecule has 0 radical (unpaired) electrons. The van der Waals surface area contributed by atoms with Crippen LogP contribution in [0.3, 0.4) is 0 Å². The summed E-state index contributed by atoms with van der Waals surface area (Å²) < 4.78 is 44.0. The molecule has 0 saturated carbocycles. The van der Waals surface area contributed by atoms with Crippen molar-refractivity contribution in [3.8, 4) is 0 Å². The molecular weight excluding hydrogens is 301 g/mol. The maximum absolute atomic E-state index is 13.7. The Morgan fingerprint density at radius 1 is 1.05 bits per heavy atom. The summed E-state index contributed by atoms with van der Waals surface area (Å²) in [4.78, 5) is 11.8. The minimum absolute atomic E-state index is 0.140. The van der Waals surface area contributed by atoms with Gasteiger partial charge in [-0.1, -0.05) is 6.07 Å². The van der Waals surface area contributed by atoms with Crippen LogP contribution in [0, 0.1) is 17.5 Å². The van der Waals surface area contributed by atoms with Gasteiger partial charge >= 0.3 is 5.97 Å². The lowest BCUT2D eigenvalue weighted by Crippen LogP contribution is -2.04. The third kappa shape index (κ3) is 3.78. The molecule has 0 unspecified atom stereocenters. The van der Waals surface area contributed by atoms with Crippen LogP contribution in [0.5, 0.6) is 0 Å². The largest absolute Gasteiger partial charge is 0.465 e. The van der Waals surface area contributed by atoms with Crippen LogP contribution >= 0.6 is 11.8 Å². The summed E-state index contributed by atoms with van der Waals surface area (Å²) in [6, 6.07) is 7.71. The molecule has 0 N–H and O–H groups in total. The van der Waals surface area contributed by atoms with Crippen molar-refractivity contribution < 1.29 is 22.7 Å². The van der Waals surface area contributed by atoms with Crippen LogP contribution in [0.4, 0.5) is 13.2 Å². The molecule has 0 aliphatic rings. The molecule has 0 aliphatic carbocycles. The van der Waals surface area contributed by atoms with E-state index >= 15 is 0 Å². The van der Waals surface area contributed by atoms with E-state index in [2.05, 4.69) is 4.74 Å².